The molecule has 1 heterocycles. The van der Waals surface area contributed by atoms with Gasteiger partial charge in [0.2, 0.25) is 0 Å². The SMILES string of the molecule is CNC1CCC(OC2COC2)C1. The highest BCUT2D eigenvalue weighted by Gasteiger charge is 2.29. The molecule has 0 radical (unpaired) electrons. The lowest BCUT2D eigenvalue weighted by atomic mass is 10.2. The lowest BCUT2D eigenvalue weighted by Crippen LogP contribution is -2.38. The molecule has 1 aliphatic carbocycles. The Hall–Kier alpha value is -0.120. The van der Waals surface area contributed by atoms with Gasteiger partial charge in [0.15, 0.2) is 0 Å². The Balaban J connectivity index is 1.68. The van der Waals surface area contributed by atoms with Crippen LogP contribution in [-0.4, -0.2) is 38.5 Å². The van der Waals surface area contributed by atoms with Crippen molar-refractivity contribution in [3.8, 4) is 0 Å². The molecule has 2 unspecified atom stereocenters. The summed E-state index contributed by atoms with van der Waals surface area (Å²) in [5, 5.41) is 3.29. The van der Waals surface area contributed by atoms with Crippen molar-refractivity contribution in [3.63, 3.8) is 0 Å². The Morgan fingerprint density at radius 3 is 2.58 bits per heavy atom. The van der Waals surface area contributed by atoms with Crippen LogP contribution in [0.2, 0.25) is 0 Å². The summed E-state index contributed by atoms with van der Waals surface area (Å²) in [6, 6.07) is 0.677. The highest BCUT2D eigenvalue weighted by atomic mass is 16.6. The molecule has 0 amide bonds. The topological polar surface area (TPSA) is 30.5 Å². The smallest absolute Gasteiger partial charge is 0.104 e. The summed E-state index contributed by atoms with van der Waals surface area (Å²) >= 11 is 0. The molecule has 2 fully saturated rings. The van der Waals surface area contributed by atoms with Crippen molar-refractivity contribution in [2.45, 2.75) is 37.5 Å². The van der Waals surface area contributed by atoms with Crippen molar-refractivity contribution in [1.29, 1.82) is 0 Å². The summed E-state index contributed by atoms with van der Waals surface area (Å²) in [6.07, 6.45) is 4.52. The van der Waals surface area contributed by atoms with Crippen LogP contribution in [0.15, 0.2) is 0 Å². The van der Waals surface area contributed by atoms with Crippen LogP contribution >= 0.6 is 0 Å². The van der Waals surface area contributed by atoms with E-state index in [0.29, 0.717) is 18.2 Å². The van der Waals surface area contributed by atoms with Gasteiger partial charge < -0.3 is 14.8 Å². The Morgan fingerprint density at radius 1 is 1.25 bits per heavy atom. The normalized spacial score (nSPS) is 36.8. The van der Waals surface area contributed by atoms with Crippen LogP contribution in [0.1, 0.15) is 19.3 Å². The third-order valence-corrected chi connectivity index (χ3v) is 2.79. The maximum atomic E-state index is 5.81. The number of nitrogens with one attached hydrogen (secondary N) is 1. The Labute approximate surface area is 73.4 Å². The lowest BCUT2D eigenvalue weighted by Gasteiger charge is -2.29. The van der Waals surface area contributed by atoms with Crippen LogP contribution < -0.4 is 5.32 Å². The molecule has 0 spiro atoms. The third-order valence-electron chi connectivity index (χ3n) is 2.79. The number of ether oxygens (including phenoxy) is 2. The molecule has 2 rings (SSSR count). The third kappa shape index (κ3) is 1.79. The van der Waals surface area contributed by atoms with Gasteiger partial charge in [-0.05, 0) is 26.3 Å². The summed E-state index contributed by atoms with van der Waals surface area (Å²) in [5.41, 5.74) is 0. The van der Waals surface area contributed by atoms with E-state index in [-0.39, 0.29) is 0 Å². The molecule has 2 atom stereocenters. The van der Waals surface area contributed by atoms with Crippen molar-refractivity contribution in [2.75, 3.05) is 20.3 Å². The fraction of sp³-hybridized carbons (Fsp3) is 1.00. The number of hydrogen-bond donors (Lipinski definition) is 1. The fourth-order valence-electron chi connectivity index (χ4n) is 1.89. The van der Waals surface area contributed by atoms with E-state index in [0.717, 1.165) is 13.2 Å². The minimum Gasteiger partial charge on any atom is -0.376 e. The molecule has 0 aromatic carbocycles. The second-order valence-corrected chi connectivity index (χ2v) is 3.72. The molecule has 1 N–H and O–H groups in total. The van der Waals surface area contributed by atoms with Gasteiger partial charge in [-0.3, -0.25) is 0 Å². The molecule has 1 saturated carbocycles. The van der Waals surface area contributed by atoms with Crippen LogP contribution in [0.25, 0.3) is 0 Å². The van der Waals surface area contributed by atoms with E-state index in [1.165, 1.54) is 19.3 Å². The fourth-order valence-corrected chi connectivity index (χ4v) is 1.89. The van der Waals surface area contributed by atoms with Gasteiger partial charge in [-0.25, -0.2) is 0 Å². The standard InChI is InChI=1S/C9H17NO2/c1-10-7-2-3-8(4-7)12-9-5-11-6-9/h7-10H,2-6H2,1H3. The first-order valence-corrected chi connectivity index (χ1v) is 4.79. The molecular weight excluding hydrogens is 154 g/mol. The summed E-state index contributed by atoms with van der Waals surface area (Å²) in [6.45, 7) is 1.61. The molecule has 0 aromatic heterocycles. The average molecular weight is 171 g/mol. The predicted octanol–water partition coefficient (Wildman–Crippen LogP) is 0.542. The highest BCUT2D eigenvalue weighted by Crippen LogP contribution is 2.24. The minimum absolute atomic E-state index is 0.394. The molecule has 3 heteroatoms. The van der Waals surface area contributed by atoms with Gasteiger partial charge in [0.25, 0.3) is 0 Å². The highest BCUT2D eigenvalue weighted by molar-refractivity contribution is 4.81. The Morgan fingerprint density at radius 2 is 2.08 bits per heavy atom. The lowest BCUT2D eigenvalue weighted by molar-refractivity contribution is -0.152. The van der Waals surface area contributed by atoms with E-state index < -0.39 is 0 Å². The Kier molecular flexibility index (Phi) is 2.63. The molecule has 0 aromatic rings. The summed E-state index contributed by atoms with van der Waals surface area (Å²) < 4.78 is 10.9. The number of hydrogen-bond acceptors (Lipinski definition) is 3. The van der Waals surface area contributed by atoms with Gasteiger partial charge in [0, 0.05) is 6.04 Å². The van der Waals surface area contributed by atoms with Crippen LogP contribution in [0.5, 0.6) is 0 Å². The van der Waals surface area contributed by atoms with E-state index >= 15 is 0 Å². The van der Waals surface area contributed by atoms with Gasteiger partial charge in [-0.2, -0.15) is 0 Å². The van der Waals surface area contributed by atoms with Crippen LogP contribution in [0.4, 0.5) is 0 Å². The predicted molar refractivity (Wildman–Crippen MR) is 46.2 cm³/mol. The maximum absolute atomic E-state index is 5.81. The second kappa shape index (κ2) is 3.73. The van der Waals surface area contributed by atoms with Crippen molar-refractivity contribution >= 4 is 0 Å². The molecule has 0 bridgehead atoms. The van der Waals surface area contributed by atoms with Crippen molar-refractivity contribution in [2.24, 2.45) is 0 Å². The van der Waals surface area contributed by atoms with E-state index in [1.807, 2.05) is 7.05 Å². The van der Waals surface area contributed by atoms with Crippen molar-refractivity contribution in [1.82, 2.24) is 5.32 Å². The quantitative estimate of drug-likeness (QED) is 0.672. The van der Waals surface area contributed by atoms with E-state index in [1.54, 1.807) is 0 Å². The molecule has 12 heavy (non-hydrogen) atoms. The Bertz CT molecular complexity index is 147. The zero-order valence-electron chi connectivity index (χ0n) is 7.58. The monoisotopic (exact) mass is 171 g/mol. The van der Waals surface area contributed by atoms with Gasteiger partial charge in [0.1, 0.15) is 6.10 Å². The average Bonchev–Trinajstić information content (AvgIpc) is 2.44. The zero-order valence-corrected chi connectivity index (χ0v) is 7.58. The van der Waals surface area contributed by atoms with E-state index in [2.05, 4.69) is 5.32 Å². The molecular formula is C9H17NO2. The first-order valence-electron chi connectivity index (χ1n) is 4.79. The van der Waals surface area contributed by atoms with Crippen LogP contribution in [0.3, 0.4) is 0 Å². The first-order chi connectivity index (χ1) is 5.88. The molecule has 1 saturated heterocycles. The van der Waals surface area contributed by atoms with Gasteiger partial charge >= 0.3 is 0 Å². The van der Waals surface area contributed by atoms with Crippen LogP contribution in [-0.2, 0) is 9.47 Å². The summed E-state index contributed by atoms with van der Waals surface area (Å²) in [4.78, 5) is 0. The molecule has 2 aliphatic rings. The minimum atomic E-state index is 0.394. The van der Waals surface area contributed by atoms with Crippen molar-refractivity contribution < 1.29 is 9.47 Å². The largest absolute Gasteiger partial charge is 0.376 e. The molecule has 3 nitrogen and oxygen atoms in total. The van der Waals surface area contributed by atoms with Crippen molar-refractivity contribution in [3.05, 3.63) is 0 Å². The summed E-state index contributed by atoms with van der Waals surface area (Å²) in [5.74, 6) is 0. The molecule has 1 aliphatic heterocycles. The maximum Gasteiger partial charge on any atom is 0.104 e. The second-order valence-electron chi connectivity index (χ2n) is 3.72. The van der Waals surface area contributed by atoms with Gasteiger partial charge in [0.05, 0.1) is 19.3 Å². The number of rotatable bonds is 3. The van der Waals surface area contributed by atoms with E-state index in [9.17, 15) is 0 Å². The van der Waals surface area contributed by atoms with E-state index in [4.69, 9.17) is 9.47 Å². The van der Waals surface area contributed by atoms with Gasteiger partial charge in [-0.1, -0.05) is 0 Å². The first kappa shape index (κ1) is 8.48. The molecule has 70 valence electrons. The van der Waals surface area contributed by atoms with Gasteiger partial charge in [-0.15, -0.1) is 0 Å². The summed E-state index contributed by atoms with van der Waals surface area (Å²) in [7, 11) is 2.03. The van der Waals surface area contributed by atoms with Crippen LogP contribution in [0, 0.1) is 0 Å². The zero-order chi connectivity index (χ0) is 8.39.